The zero-order valence-electron chi connectivity index (χ0n) is 9.76. The summed E-state index contributed by atoms with van der Waals surface area (Å²) >= 11 is 0. The summed E-state index contributed by atoms with van der Waals surface area (Å²) in [5.74, 6) is 0.903. The van der Waals surface area contributed by atoms with Crippen LogP contribution in [-0.4, -0.2) is 31.5 Å². The Morgan fingerprint density at radius 1 is 1.19 bits per heavy atom. The van der Waals surface area contributed by atoms with Crippen molar-refractivity contribution in [2.45, 2.75) is 25.4 Å². The molecule has 3 heteroatoms. The van der Waals surface area contributed by atoms with E-state index in [9.17, 15) is 5.11 Å². The van der Waals surface area contributed by atoms with Crippen LogP contribution < -0.4 is 4.74 Å². The zero-order valence-corrected chi connectivity index (χ0v) is 9.76. The summed E-state index contributed by atoms with van der Waals surface area (Å²) in [5.41, 5.74) is 0. The number of benzene rings is 1. The highest BCUT2D eigenvalue weighted by atomic mass is 16.5. The SMILES string of the molecule is COCC(O)CCCCOc1ccccc1. The van der Waals surface area contributed by atoms with Crippen molar-refractivity contribution in [2.24, 2.45) is 0 Å². The highest BCUT2D eigenvalue weighted by Crippen LogP contribution is 2.09. The molecule has 0 amide bonds. The summed E-state index contributed by atoms with van der Waals surface area (Å²) < 4.78 is 10.4. The molecule has 16 heavy (non-hydrogen) atoms. The van der Waals surface area contributed by atoms with Crippen molar-refractivity contribution < 1.29 is 14.6 Å². The monoisotopic (exact) mass is 224 g/mol. The third-order valence-corrected chi connectivity index (χ3v) is 2.30. The number of hydrogen-bond donors (Lipinski definition) is 1. The average Bonchev–Trinajstić information content (AvgIpc) is 2.30. The number of rotatable bonds is 8. The van der Waals surface area contributed by atoms with E-state index in [0.29, 0.717) is 13.2 Å². The van der Waals surface area contributed by atoms with E-state index in [0.717, 1.165) is 25.0 Å². The Balaban J connectivity index is 2.00. The van der Waals surface area contributed by atoms with Gasteiger partial charge in [0.25, 0.3) is 0 Å². The molecule has 1 aromatic rings. The highest BCUT2D eigenvalue weighted by molar-refractivity contribution is 5.20. The first kappa shape index (κ1) is 13.0. The van der Waals surface area contributed by atoms with Gasteiger partial charge in [-0.3, -0.25) is 0 Å². The number of aliphatic hydroxyl groups excluding tert-OH is 1. The van der Waals surface area contributed by atoms with Gasteiger partial charge in [0.05, 0.1) is 19.3 Å². The van der Waals surface area contributed by atoms with E-state index < -0.39 is 0 Å². The zero-order chi connectivity index (χ0) is 11.6. The molecular formula is C13H20O3. The Labute approximate surface area is 97.0 Å². The molecule has 0 saturated carbocycles. The molecule has 0 aliphatic carbocycles. The Hall–Kier alpha value is -1.06. The normalized spacial score (nSPS) is 12.4. The van der Waals surface area contributed by atoms with Crippen molar-refractivity contribution >= 4 is 0 Å². The number of methoxy groups -OCH3 is 1. The van der Waals surface area contributed by atoms with E-state index in [1.54, 1.807) is 7.11 Å². The van der Waals surface area contributed by atoms with Crippen LogP contribution >= 0.6 is 0 Å². The van der Waals surface area contributed by atoms with Crippen LogP contribution in [0.5, 0.6) is 5.75 Å². The molecule has 1 rings (SSSR count). The predicted molar refractivity (Wildman–Crippen MR) is 63.7 cm³/mol. The molecule has 0 aromatic heterocycles. The molecular weight excluding hydrogens is 204 g/mol. The first-order valence-electron chi connectivity index (χ1n) is 5.68. The fraction of sp³-hybridized carbons (Fsp3) is 0.538. The van der Waals surface area contributed by atoms with Crippen LogP contribution in [0.2, 0.25) is 0 Å². The van der Waals surface area contributed by atoms with E-state index in [-0.39, 0.29) is 6.10 Å². The van der Waals surface area contributed by atoms with E-state index in [1.807, 2.05) is 30.3 Å². The second-order valence-corrected chi connectivity index (χ2v) is 3.77. The fourth-order valence-electron chi connectivity index (χ4n) is 1.46. The van der Waals surface area contributed by atoms with Gasteiger partial charge in [0.15, 0.2) is 0 Å². The van der Waals surface area contributed by atoms with Gasteiger partial charge in [-0.25, -0.2) is 0 Å². The maximum absolute atomic E-state index is 9.40. The minimum atomic E-state index is -0.346. The highest BCUT2D eigenvalue weighted by Gasteiger charge is 2.02. The van der Waals surface area contributed by atoms with E-state index in [1.165, 1.54) is 0 Å². The van der Waals surface area contributed by atoms with Crippen molar-refractivity contribution in [3.8, 4) is 5.75 Å². The molecule has 0 fully saturated rings. The predicted octanol–water partition coefficient (Wildman–Crippen LogP) is 2.24. The molecule has 1 unspecified atom stereocenters. The Morgan fingerprint density at radius 2 is 1.94 bits per heavy atom. The summed E-state index contributed by atoms with van der Waals surface area (Å²) in [6.45, 7) is 1.11. The molecule has 1 aromatic carbocycles. The number of unbranched alkanes of at least 4 members (excludes halogenated alkanes) is 1. The second-order valence-electron chi connectivity index (χ2n) is 3.77. The molecule has 3 nitrogen and oxygen atoms in total. The van der Waals surface area contributed by atoms with Crippen molar-refractivity contribution in [3.05, 3.63) is 30.3 Å². The summed E-state index contributed by atoms with van der Waals surface area (Å²) in [7, 11) is 1.60. The minimum Gasteiger partial charge on any atom is -0.494 e. The van der Waals surface area contributed by atoms with Gasteiger partial charge in [0.1, 0.15) is 5.75 Å². The van der Waals surface area contributed by atoms with Crippen LogP contribution in [0.25, 0.3) is 0 Å². The van der Waals surface area contributed by atoms with E-state index >= 15 is 0 Å². The molecule has 0 aliphatic rings. The summed E-state index contributed by atoms with van der Waals surface area (Å²) in [4.78, 5) is 0. The maximum Gasteiger partial charge on any atom is 0.119 e. The van der Waals surface area contributed by atoms with Gasteiger partial charge in [-0.2, -0.15) is 0 Å². The van der Waals surface area contributed by atoms with E-state index in [4.69, 9.17) is 9.47 Å². The van der Waals surface area contributed by atoms with Crippen LogP contribution in [0.15, 0.2) is 30.3 Å². The van der Waals surface area contributed by atoms with Gasteiger partial charge in [-0.05, 0) is 31.4 Å². The molecule has 0 saturated heterocycles. The van der Waals surface area contributed by atoms with Crippen molar-refractivity contribution in [1.82, 2.24) is 0 Å². The number of ether oxygens (including phenoxy) is 2. The molecule has 0 radical (unpaired) electrons. The number of hydrogen-bond acceptors (Lipinski definition) is 3. The van der Waals surface area contributed by atoms with Gasteiger partial charge in [0, 0.05) is 7.11 Å². The van der Waals surface area contributed by atoms with Gasteiger partial charge in [-0.15, -0.1) is 0 Å². The third-order valence-electron chi connectivity index (χ3n) is 2.30. The molecule has 1 N–H and O–H groups in total. The van der Waals surface area contributed by atoms with Gasteiger partial charge >= 0.3 is 0 Å². The lowest BCUT2D eigenvalue weighted by atomic mass is 10.2. The van der Waals surface area contributed by atoms with Gasteiger partial charge < -0.3 is 14.6 Å². The largest absolute Gasteiger partial charge is 0.494 e. The Bertz CT molecular complexity index is 261. The van der Waals surface area contributed by atoms with Crippen molar-refractivity contribution in [2.75, 3.05) is 20.3 Å². The molecule has 0 spiro atoms. The Kier molecular flexibility index (Phi) is 6.61. The molecule has 0 bridgehead atoms. The number of para-hydroxylation sites is 1. The molecule has 1 atom stereocenters. The lowest BCUT2D eigenvalue weighted by molar-refractivity contribution is 0.0570. The smallest absolute Gasteiger partial charge is 0.119 e. The molecule has 0 aliphatic heterocycles. The summed E-state index contributed by atoms with van der Waals surface area (Å²) in [5, 5.41) is 9.40. The van der Waals surface area contributed by atoms with Crippen LogP contribution in [0, 0.1) is 0 Å². The fourth-order valence-corrected chi connectivity index (χ4v) is 1.46. The van der Waals surface area contributed by atoms with Crippen LogP contribution in [0.1, 0.15) is 19.3 Å². The van der Waals surface area contributed by atoms with Gasteiger partial charge in [-0.1, -0.05) is 18.2 Å². The first-order chi connectivity index (χ1) is 7.83. The van der Waals surface area contributed by atoms with Crippen LogP contribution in [0.3, 0.4) is 0 Å². The number of aliphatic hydroxyl groups is 1. The lowest BCUT2D eigenvalue weighted by Gasteiger charge is -2.09. The third kappa shape index (κ3) is 5.73. The Morgan fingerprint density at radius 3 is 2.62 bits per heavy atom. The average molecular weight is 224 g/mol. The quantitative estimate of drug-likeness (QED) is 0.688. The lowest BCUT2D eigenvalue weighted by Crippen LogP contribution is -2.13. The van der Waals surface area contributed by atoms with Crippen molar-refractivity contribution in [1.29, 1.82) is 0 Å². The summed E-state index contributed by atoms with van der Waals surface area (Å²) in [6, 6.07) is 9.77. The van der Waals surface area contributed by atoms with Crippen LogP contribution in [-0.2, 0) is 4.74 Å². The standard InChI is InChI=1S/C13H20O3/c1-15-11-12(14)7-5-6-10-16-13-8-3-2-4-9-13/h2-4,8-9,12,14H,5-7,10-11H2,1H3. The van der Waals surface area contributed by atoms with Gasteiger partial charge in [0.2, 0.25) is 0 Å². The van der Waals surface area contributed by atoms with E-state index in [2.05, 4.69) is 0 Å². The minimum absolute atomic E-state index is 0.346. The maximum atomic E-state index is 9.40. The summed E-state index contributed by atoms with van der Waals surface area (Å²) in [6.07, 6.45) is 2.33. The molecule has 90 valence electrons. The van der Waals surface area contributed by atoms with Crippen LogP contribution in [0.4, 0.5) is 0 Å². The van der Waals surface area contributed by atoms with Crippen molar-refractivity contribution in [3.63, 3.8) is 0 Å². The molecule has 0 heterocycles. The topological polar surface area (TPSA) is 38.7 Å². The second kappa shape index (κ2) is 8.13. The first-order valence-corrected chi connectivity index (χ1v) is 5.68.